The maximum atomic E-state index is 13.3. The van der Waals surface area contributed by atoms with Crippen LogP contribution in [-0.2, 0) is 22.0 Å². The Morgan fingerprint density at radius 2 is 1.88 bits per heavy atom. The molecule has 3 aliphatic rings. The lowest BCUT2D eigenvalue weighted by molar-refractivity contribution is -0.137. The van der Waals surface area contributed by atoms with Gasteiger partial charge >= 0.3 is 5.97 Å². The van der Waals surface area contributed by atoms with Gasteiger partial charge in [0.05, 0.1) is 10.2 Å². The van der Waals surface area contributed by atoms with Crippen LogP contribution < -0.4 is 9.64 Å². The molecule has 0 spiro atoms. The second-order valence-electron chi connectivity index (χ2n) is 10.8. The third-order valence-corrected chi connectivity index (χ3v) is 8.81. The fourth-order valence-corrected chi connectivity index (χ4v) is 6.66. The molecule has 4 heterocycles. The van der Waals surface area contributed by atoms with Gasteiger partial charge in [-0.1, -0.05) is 27.7 Å². The van der Waals surface area contributed by atoms with Gasteiger partial charge in [-0.05, 0) is 59.4 Å². The number of esters is 1. The quantitative estimate of drug-likeness (QED) is 0.398. The maximum Gasteiger partial charge on any atom is 0.321 e. The summed E-state index contributed by atoms with van der Waals surface area (Å²) in [5, 5.41) is 10.6. The van der Waals surface area contributed by atoms with Gasteiger partial charge < -0.3 is 14.7 Å². The summed E-state index contributed by atoms with van der Waals surface area (Å²) >= 11 is 1.51. The van der Waals surface area contributed by atoms with Crippen LogP contribution in [0.25, 0.3) is 10.2 Å². The van der Waals surface area contributed by atoms with E-state index in [-0.39, 0.29) is 22.5 Å². The smallest absolute Gasteiger partial charge is 0.321 e. The van der Waals surface area contributed by atoms with Gasteiger partial charge in [0.2, 0.25) is 0 Å². The molecular formula is C26H28N2O3S. The highest BCUT2D eigenvalue weighted by molar-refractivity contribution is 7.18. The number of phenolic OH excluding ortho intramolecular Hbond substituents is 1. The molecule has 0 aliphatic carbocycles. The summed E-state index contributed by atoms with van der Waals surface area (Å²) in [6, 6.07) is 7.47. The Kier molecular flexibility index (Phi) is 4.05. The summed E-state index contributed by atoms with van der Waals surface area (Å²) in [5.41, 5.74) is 5.80. The van der Waals surface area contributed by atoms with Crippen molar-refractivity contribution in [1.29, 1.82) is 0 Å². The number of rotatable bonds is 1. The van der Waals surface area contributed by atoms with Crippen molar-refractivity contribution >= 4 is 33.2 Å². The number of fused-ring (bicyclic) bond motifs is 3. The number of hydrogen-bond donors (Lipinski definition) is 1. The van der Waals surface area contributed by atoms with Crippen molar-refractivity contribution in [3.05, 3.63) is 46.0 Å². The second-order valence-corrected chi connectivity index (χ2v) is 11.8. The minimum Gasteiger partial charge on any atom is -0.508 e. The van der Waals surface area contributed by atoms with Crippen molar-refractivity contribution in [1.82, 2.24) is 4.98 Å². The molecule has 1 unspecified atom stereocenters. The predicted molar refractivity (Wildman–Crippen MR) is 127 cm³/mol. The molecule has 32 heavy (non-hydrogen) atoms. The summed E-state index contributed by atoms with van der Waals surface area (Å²) in [6.45, 7) is 11.3. The van der Waals surface area contributed by atoms with E-state index in [0.717, 1.165) is 52.5 Å². The first kappa shape index (κ1) is 20.0. The van der Waals surface area contributed by atoms with Gasteiger partial charge in [-0.25, -0.2) is 4.98 Å². The van der Waals surface area contributed by atoms with E-state index >= 15 is 0 Å². The molecule has 1 atom stereocenters. The van der Waals surface area contributed by atoms with E-state index in [0.29, 0.717) is 6.42 Å². The number of hydrogen-bond acceptors (Lipinski definition) is 6. The van der Waals surface area contributed by atoms with E-state index in [1.165, 1.54) is 28.2 Å². The molecule has 6 rings (SSSR count). The number of benzene rings is 2. The topological polar surface area (TPSA) is 62.7 Å². The fourth-order valence-electron chi connectivity index (χ4n) is 5.62. The summed E-state index contributed by atoms with van der Waals surface area (Å²) < 4.78 is 7.11. The van der Waals surface area contributed by atoms with Gasteiger partial charge in [0, 0.05) is 30.4 Å². The molecule has 0 bridgehead atoms. The second kappa shape index (κ2) is 6.47. The molecule has 0 radical (unpaired) electrons. The van der Waals surface area contributed by atoms with Crippen molar-refractivity contribution in [3.8, 4) is 11.5 Å². The van der Waals surface area contributed by atoms with Crippen LogP contribution in [0.15, 0.2) is 24.3 Å². The molecule has 166 valence electrons. The molecule has 0 saturated heterocycles. The number of anilines is 1. The van der Waals surface area contributed by atoms with Crippen LogP contribution in [0.2, 0.25) is 0 Å². The predicted octanol–water partition coefficient (Wildman–Crippen LogP) is 5.42. The maximum absolute atomic E-state index is 13.3. The Morgan fingerprint density at radius 1 is 1.12 bits per heavy atom. The number of nitrogens with zero attached hydrogens (tertiary/aromatic N) is 2. The number of thiazole rings is 1. The minimum absolute atomic E-state index is 0.0418. The highest BCUT2D eigenvalue weighted by Crippen LogP contribution is 2.55. The van der Waals surface area contributed by atoms with Crippen molar-refractivity contribution in [3.63, 3.8) is 0 Å². The van der Waals surface area contributed by atoms with Crippen LogP contribution in [0.1, 0.15) is 68.2 Å². The van der Waals surface area contributed by atoms with Crippen LogP contribution >= 0.6 is 11.3 Å². The van der Waals surface area contributed by atoms with Crippen LogP contribution in [0.4, 0.5) is 5.69 Å². The normalized spacial score (nSPS) is 22.9. The third-order valence-electron chi connectivity index (χ3n) is 7.66. The zero-order chi connectivity index (χ0) is 22.4. The fraction of sp³-hybridized carbons (Fsp3) is 0.462. The first-order valence-corrected chi connectivity index (χ1v) is 12.2. The van der Waals surface area contributed by atoms with E-state index in [4.69, 9.17) is 4.74 Å². The number of carbonyl (C=O) groups excluding carboxylic acids is 1. The first-order valence-electron chi connectivity index (χ1n) is 11.4. The summed E-state index contributed by atoms with van der Waals surface area (Å²) in [7, 11) is 0. The number of aromatic hydroxyl groups is 1. The van der Waals surface area contributed by atoms with Crippen molar-refractivity contribution in [2.75, 3.05) is 18.0 Å². The summed E-state index contributed by atoms with van der Waals surface area (Å²) in [6.07, 6.45) is 2.79. The van der Waals surface area contributed by atoms with Crippen LogP contribution in [0.5, 0.6) is 11.5 Å². The molecule has 3 aromatic rings. The zero-order valence-electron chi connectivity index (χ0n) is 19.0. The Hall–Kier alpha value is -2.60. The molecule has 0 fully saturated rings. The molecule has 0 amide bonds. The molecule has 1 aromatic heterocycles. The summed E-state index contributed by atoms with van der Waals surface area (Å²) in [4.78, 5) is 20.4. The third kappa shape index (κ3) is 2.81. The zero-order valence-corrected chi connectivity index (χ0v) is 19.8. The largest absolute Gasteiger partial charge is 0.508 e. The molecule has 2 aromatic carbocycles. The van der Waals surface area contributed by atoms with Gasteiger partial charge in [0.25, 0.3) is 0 Å². The van der Waals surface area contributed by atoms with E-state index in [1.807, 2.05) is 6.07 Å². The molecule has 1 N–H and O–H groups in total. The van der Waals surface area contributed by atoms with E-state index in [2.05, 4.69) is 43.6 Å². The van der Waals surface area contributed by atoms with Gasteiger partial charge in [-0.15, -0.1) is 11.3 Å². The Labute approximate surface area is 192 Å². The van der Waals surface area contributed by atoms with E-state index in [9.17, 15) is 9.90 Å². The van der Waals surface area contributed by atoms with Gasteiger partial charge in [-0.3, -0.25) is 4.79 Å². The first-order chi connectivity index (χ1) is 15.1. The van der Waals surface area contributed by atoms with Gasteiger partial charge in [-0.2, -0.15) is 0 Å². The van der Waals surface area contributed by atoms with Crippen LogP contribution in [0.3, 0.4) is 0 Å². The SMILES string of the molecule is CC1(C)CCN2CCC(C)(C)c3c4c(cc1c32)CC(c1nc2cc(O)ccc2s1)C(=O)O4. The molecular weight excluding hydrogens is 420 g/mol. The minimum atomic E-state index is -0.415. The Bertz CT molecular complexity index is 1290. The number of aromatic nitrogens is 1. The highest BCUT2D eigenvalue weighted by atomic mass is 32.1. The van der Waals surface area contributed by atoms with Crippen molar-refractivity contribution in [2.45, 2.75) is 63.7 Å². The molecule has 0 saturated carbocycles. The Morgan fingerprint density at radius 3 is 2.66 bits per heavy atom. The lowest BCUT2D eigenvalue weighted by atomic mass is 9.68. The van der Waals surface area contributed by atoms with E-state index in [1.54, 1.807) is 12.1 Å². The highest BCUT2D eigenvalue weighted by Gasteiger charge is 2.45. The molecule has 5 nitrogen and oxygen atoms in total. The Balaban J connectivity index is 1.51. The van der Waals surface area contributed by atoms with Gasteiger partial charge in [0.1, 0.15) is 22.4 Å². The van der Waals surface area contributed by atoms with Gasteiger partial charge in [0.15, 0.2) is 0 Å². The average molecular weight is 449 g/mol. The molecule has 3 aliphatic heterocycles. The average Bonchev–Trinajstić information content (AvgIpc) is 3.14. The lowest BCUT2D eigenvalue weighted by Crippen LogP contribution is -2.45. The number of phenols is 1. The van der Waals surface area contributed by atoms with Crippen molar-refractivity contribution in [2.24, 2.45) is 0 Å². The number of ether oxygens (including phenoxy) is 1. The van der Waals surface area contributed by atoms with Crippen LogP contribution in [-0.4, -0.2) is 29.1 Å². The number of carbonyl (C=O) groups is 1. The van der Waals surface area contributed by atoms with Crippen LogP contribution in [0, 0.1) is 0 Å². The van der Waals surface area contributed by atoms with E-state index < -0.39 is 5.92 Å². The lowest BCUT2D eigenvalue weighted by Gasteiger charge is -2.49. The van der Waals surface area contributed by atoms with Crippen molar-refractivity contribution < 1.29 is 14.6 Å². The summed E-state index contributed by atoms with van der Waals surface area (Å²) in [5.74, 6) is 0.337. The standard InChI is InChI=1S/C26H28N2O3S/c1-25(2)7-9-28-10-8-26(3,4)20-21(28)17(25)12-14-11-16(24(30)31-22(14)20)23-27-18-13-15(29)5-6-19(18)32-23/h5-6,12-13,16,29H,7-11H2,1-4H3. The molecule has 6 heteroatoms. The monoisotopic (exact) mass is 448 g/mol.